The smallest absolute Gasteiger partial charge is 0.0530 e. The highest BCUT2D eigenvalue weighted by Gasteiger charge is 2.61. The molecule has 4 aliphatic rings. The van der Waals surface area contributed by atoms with E-state index in [0.29, 0.717) is 0 Å². The van der Waals surface area contributed by atoms with Crippen LogP contribution < -0.4 is 0 Å². The van der Waals surface area contributed by atoms with Crippen LogP contribution in [0.15, 0.2) is 0 Å². The molecule has 25 heavy (non-hydrogen) atoms. The van der Waals surface area contributed by atoms with Crippen molar-refractivity contribution in [3.8, 4) is 0 Å². The molecule has 0 radical (unpaired) electrons. The summed E-state index contributed by atoms with van der Waals surface area (Å²) in [5.74, 6) is 0. The fraction of sp³-hybridized carbons (Fsp3) is 1.00. The average molecular weight is 364 g/mol. The van der Waals surface area contributed by atoms with E-state index in [9.17, 15) is 0 Å². The molecule has 4 aliphatic carbocycles. The van der Waals surface area contributed by atoms with Gasteiger partial charge in [-0.2, -0.15) is 0 Å². The zero-order valence-electron chi connectivity index (χ0n) is 16.9. The van der Waals surface area contributed by atoms with Gasteiger partial charge >= 0.3 is 0 Å². The van der Waals surface area contributed by atoms with E-state index in [1.54, 1.807) is 128 Å². The van der Waals surface area contributed by atoms with Gasteiger partial charge in [-0.15, -0.1) is 0 Å². The molecule has 144 valence electrons. The van der Waals surface area contributed by atoms with Crippen LogP contribution in [0.1, 0.15) is 128 Å². The highest BCUT2D eigenvalue weighted by molar-refractivity contribution is 7.78. The summed E-state index contributed by atoms with van der Waals surface area (Å²) in [6, 6.07) is 0. The summed E-state index contributed by atoms with van der Waals surface area (Å²) >= 11 is 0. The van der Waals surface area contributed by atoms with Crippen molar-refractivity contribution in [2.24, 2.45) is 0 Å². The summed E-state index contributed by atoms with van der Waals surface area (Å²) in [4.78, 5) is 0. The quantitative estimate of drug-likeness (QED) is 0.440. The Morgan fingerprint density at radius 1 is 0.280 bits per heavy atom. The van der Waals surface area contributed by atoms with Crippen molar-refractivity contribution in [1.82, 2.24) is 0 Å². The summed E-state index contributed by atoms with van der Waals surface area (Å²) in [6.45, 7) is 0. The Labute approximate surface area is 158 Å². The zero-order valence-corrected chi connectivity index (χ0v) is 17.8. The topological polar surface area (TPSA) is 0 Å². The van der Waals surface area contributed by atoms with Crippen molar-refractivity contribution >= 4 is 7.26 Å². The Balaban J connectivity index is 1.70. The summed E-state index contributed by atoms with van der Waals surface area (Å²) in [7, 11) is -0.798. The first kappa shape index (κ1) is 18.8. The van der Waals surface area contributed by atoms with E-state index in [4.69, 9.17) is 0 Å². The lowest BCUT2D eigenvalue weighted by atomic mass is 9.98. The minimum atomic E-state index is -0.798. The van der Waals surface area contributed by atoms with Crippen molar-refractivity contribution in [2.45, 2.75) is 151 Å². The third kappa shape index (κ3) is 3.86. The first-order chi connectivity index (χ1) is 12.4. The van der Waals surface area contributed by atoms with Crippen molar-refractivity contribution < 1.29 is 0 Å². The number of hydrogen-bond donors (Lipinski definition) is 0. The molecule has 0 heterocycles. The molecule has 0 aromatic rings. The standard InChI is InChI=1S/C24H44P/c1-5-13-21(14-6-1)25(22-15-7-2-8-16-22,23-17-9-3-10-18-23)24-19-11-4-12-20-24/h21-24H,1-20H2/q+1. The lowest BCUT2D eigenvalue weighted by Gasteiger charge is -2.53. The van der Waals surface area contributed by atoms with Gasteiger partial charge in [0.1, 0.15) is 0 Å². The van der Waals surface area contributed by atoms with Crippen LogP contribution in [0.4, 0.5) is 0 Å². The van der Waals surface area contributed by atoms with E-state index < -0.39 is 7.26 Å². The zero-order chi connectivity index (χ0) is 17.0. The molecule has 0 aromatic heterocycles. The van der Waals surface area contributed by atoms with Gasteiger partial charge in [-0.3, -0.25) is 0 Å². The van der Waals surface area contributed by atoms with E-state index >= 15 is 0 Å². The summed E-state index contributed by atoms with van der Waals surface area (Å²) in [5.41, 5.74) is 4.87. The summed E-state index contributed by atoms with van der Waals surface area (Å²) in [5, 5.41) is 0. The van der Waals surface area contributed by atoms with Crippen LogP contribution in [0, 0.1) is 0 Å². The first-order valence-electron chi connectivity index (χ1n) is 12.3. The Morgan fingerprint density at radius 2 is 0.480 bits per heavy atom. The van der Waals surface area contributed by atoms with Crippen molar-refractivity contribution in [3.63, 3.8) is 0 Å². The molecular formula is C24H44P+. The maximum Gasteiger partial charge on any atom is 0.0705 e. The average Bonchev–Trinajstić information content (AvgIpc) is 2.72. The Kier molecular flexibility index (Phi) is 6.82. The van der Waals surface area contributed by atoms with E-state index in [0.717, 1.165) is 0 Å². The van der Waals surface area contributed by atoms with Crippen molar-refractivity contribution in [1.29, 1.82) is 0 Å². The van der Waals surface area contributed by atoms with E-state index in [2.05, 4.69) is 0 Å². The summed E-state index contributed by atoms with van der Waals surface area (Å²) < 4.78 is 0. The lowest BCUT2D eigenvalue weighted by Crippen LogP contribution is -2.42. The minimum Gasteiger partial charge on any atom is -0.0530 e. The molecule has 0 aliphatic heterocycles. The Morgan fingerprint density at radius 3 is 0.680 bits per heavy atom. The van der Waals surface area contributed by atoms with Crippen LogP contribution in [0.5, 0.6) is 0 Å². The van der Waals surface area contributed by atoms with Crippen molar-refractivity contribution in [2.75, 3.05) is 0 Å². The van der Waals surface area contributed by atoms with E-state index in [1.165, 1.54) is 22.6 Å². The summed E-state index contributed by atoms with van der Waals surface area (Å²) in [6.07, 6.45) is 32.1. The van der Waals surface area contributed by atoms with E-state index in [-0.39, 0.29) is 0 Å². The van der Waals surface area contributed by atoms with Crippen LogP contribution in [-0.2, 0) is 0 Å². The molecular weight excluding hydrogens is 319 g/mol. The SMILES string of the molecule is C1CCC([P+](C2CCCCC2)(C2CCCCC2)C2CCCCC2)CC1. The minimum absolute atomic E-state index is 0.798. The molecule has 4 fully saturated rings. The normalized spacial score (nSPS) is 29.8. The molecule has 0 bridgehead atoms. The maximum absolute atomic E-state index is 1.65. The highest BCUT2D eigenvalue weighted by atomic mass is 31.2. The second-order valence-electron chi connectivity index (χ2n) is 10.1. The number of rotatable bonds is 4. The molecule has 4 saturated carbocycles. The predicted octanol–water partition coefficient (Wildman–Crippen LogP) is 8.33. The van der Waals surface area contributed by atoms with Gasteiger partial charge < -0.3 is 0 Å². The van der Waals surface area contributed by atoms with Gasteiger partial charge in [0.15, 0.2) is 0 Å². The van der Waals surface area contributed by atoms with Gasteiger partial charge in [0.25, 0.3) is 0 Å². The molecule has 0 spiro atoms. The van der Waals surface area contributed by atoms with Crippen LogP contribution >= 0.6 is 7.26 Å². The monoisotopic (exact) mass is 363 g/mol. The molecule has 0 nitrogen and oxygen atoms in total. The maximum atomic E-state index is 1.65. The molecule has 0 aromatic carbocycles. The molecule has 0 saturated heterocycles. The van der Waals surface area contributed by atoms with Gasteiger partial charge in [-0.05, 0) is 103 Å². The van der Waals surface area contributed by atoms with Crippen LogP contribution in [0.3, 0.4) is 0 Å². The molecule has 0 N–H and O–H groups in total. The van der Waals surface area contributed by atoms with Crippen molar-refractivity contribution in [3.05, 3.63) is 0 Å². The molecule has 0 unspecified atom stereocenters. The Hall–Kier alpha value is 0.430. The van der Waals surface area contributed by atoms with Gasteiger partial charge in [0, 0.05) is 7.26 Å². The highest BCUT2D eigenvalue weighted by Crippen LogP contribution is 2.81. The fourth-order valence-corrected chi connectivity index (χ4v) is 16.5. The fourth-order valence-electron chi connectivity index (χ4n) is 7.90. The van der Waals surface area contributed by atoms with Crippen LogP contribution in [0.25, 0.3) is 0 Å². The van der Waals surface area contributed by atoms with Crippen LogP contribution in [-0.4, -0.2) is 22.6 Å². The second kappa shape index (κ2) is 9.08. The van der Waals surface area contributed by atoms with Gasteiger partial charge in [-0.25, -0.2) is 0 Å². The molecule has 1 heteroatoms. The molecule has 4 rings (SSSR count). The third-order valence-corrected chi connectivity index (χ3v) is 16.0. The third-order valence-electron chi connectivity index (χ3n) is 8.83. The van der Waals surface area contributed by atoms with Gasteiger partial charge in [0.05, 0.1) is 22.6 Å². The molecule has 0 atom stereocenters. The van der Waals surface area contributed by atoms with Gasteiger partial charge in [0.2, 0.25) is 0 Å². The van der Waals surface area contributed by atoms with Gasteiger partial charge in [-0.1, -0.05) is 25.7 Å². The number of hydrogen-bond acceptors (Lipinski definition) is 0. The molecule has 0 amide bonds. The predicted molar refractivity (Wildman–Crippen MR) is 114 cm³/mol. The Bertz CT molecular complexity index is 301. The second-order valence-corrected chi connectivity index (χ2v) is 14.8. The largest absolute Gasteiger partial charge is 0.0705 e. The van der Waals surface area contributed by atoms with Crippen LogP contribution in [0.2, 0.25) is 0 Å². The van der Waals surface area contributed by atoms with E-state index in [1.807, 2.05) is 0 Å². The first-order valence-corrected chi connectivity index (χ1v) is 14.4. The lowest BCUT2D eigenvalue weighted by molar-refractivity contribution is 0.426.